The van der Waals surface area contributed by atoms with Gasteiger partial charge in [-0.15, -0.1) is 11.8 Å². The number of para-hydroxylation sites is 1. The highest BCUT2D eigenvalue weighted by Gasteiger charge is 2.30. The Hall–Kier alpha value is -1.66. The van der Waals surface area contributed by atoms with Gasteiger partial charge < -0.3 is 0 Å². The first kappa shape index (κ1) is 22.0. The van der Waals surface area contributed by atoms with E-state index in [0.29, 0.717) is 4.90 Å². The van der Waals surface area contributed by atoms with Crippen LogP contribution in [0.15, 0.2) is 76.0 Å². The van der Waals surface area contributed by atoms with Gasteiger partial charge in [-0.05, 0) is 60.6 Å². The van der Waals surface area contributed by atoms with Crippen LogP contribution in [-0.2, 0) is 6.18 Å². The Labute approximate surface area is 178 Å². The summed E-state index contributed by atoms with van der Waals surface area (Å²) in [5.74, 6) is 1.75. The molecular formula is C23H24F3NS2. The molecule has 0 radical (unpaired) electrons. The van der Waals surface area contributed by atoms with E-state index in [1.807, 2.05) is 41.8 Å². The molecule has 0 N–H and O–H groups in total. The molecule has 0 saturated heterocycles. The van der Waals surface area contributed by atoms with Crippen molar-refractivity contribution in [3.05, 3.63) is 71.6 Å². The van der Waals surface area contributed by atoms with E-state index in [-0.39, 0.29) is 0 Å². The summed E-state index contributed by atoms with van der Waals surface area (Å²) in [5.41, 5.74) is 0.258. The largest absolute Gasteiger partial charge is 0.416 e. The number of hydrogen-bond acceptors (Lipinski definition) is 3. The summed E-state index contributed by atoms with van der Waals surface area (Å²) in [6, 6.07) is 15.2. The molecule has 1 aliphatic rings. The van der Waals surface area contributed by atoms with Gasteiger partial charge in [0.05, 0.1) is 16.3 Å². The number of rotatable bonds is 6. The quantitative estimate of drug-likeness (QED) is 0.257. The first-order chi connectivity index (χ1) is 14.0. The van der Waals surface area contributed by atoms with Gasteiger partial charge in [0.25, 0.3) is 0 Å². The molecule has 0 amide bonds. The van der Waals surface area contributed by atoms with Gasteiger partial charge in [0.15, 0.2) is 0 Å². The number of thioether (sulfide) groups is 2. The second-order valence-corrected chi connectivity index (χ2v) is 9.07. The molecule has 2 aromatic rings. The maximum Gasteiger partial charge on any atom is 0.416 e. The van der Waals surface area contributed by atoms with Crippen LogP contribution in [0, 0.1) is 5.92 Å². The lowest BCUT2D eigenvalue weighted by molar-refractivity contribution is -0.137. The summed E-state index contributed by atoms with van der Waals surface area (Å²) < 4.78 is 38.7. The molecule has 1 aliphatic carbocycles. The van der Waals surface area contributed by atoms with E-state index in [1.54, 1.807) is 17.8 Å². The lowest BCUT2D eigenvalue weighted by Crippen LogP contribution is -2.09. The fourth-order valence-corrected chi connectivity index (χ4v) is 5.09. The van der Waals surface area contributed by atoms with Crippen LogP contribution in [0.25, 0.3) is 0 Å². The number of halogens is 3. The fraction of sp³-hybridized carbons (Fsp3) is 0.348. The molecule has 0 bridgehead atoms. The fourth-order valence-electron chi connectivity index (χ4n) is 3.22. The third-order valence-corrected chi connectivity index (χ3v) is 6.72. The van der Waals surface area contributed by atoms with Crippen LogP contribution in [0.5, 0.6) is 0 Å². The zero-order valence-corrected chi connectivity index (χ0v) is 17.7. The molecule has 0 aromatic heterocycles. The molecule has 1 nitrogen and oxygen atoms in total. The third-order valence-electron chi connectivity index (χ3n) is 4.76. The number of alkyl halides is 3. The van der Waals surface area contributed by atoms with Crippen molar-refractivity contribution in [2.24, 2.45) is 10.9 Å². The molecule has 29 heavy (non-hydrogen) atoms. The summed E-state index contributed by atoms with van der Waals surface area (Å²) in [4.78, 5) is 5.29. The summed E-state index contributed by atoms with van der Waals surface area (Å²) in [6.45, 7) is 0. The number of hydrogen-bond donors (Lipinski definition) is 0. The normalized spacial score (nSPS) is 16.4. The summed E-state index contributed by atoms with van der Waals surface area (Å²) in [5, 5.41) is 2.71. The lowest BCUT2D eigenvalue weighted by Gasteiger charge is -2.20. The van der Waals surface area contributed by atoms with Crippen LogP contribution in [-0.4, -0.2) is 10.8 Å². The molecule has 1 saturated carbocycles. The summed E-state index contributed by atoms with van der Waals surface area (Å²) >= 11 is 3.01. The van der Waals surface area contributed by atoms with Crippen molar-refractivity contribution in [2.75, 3.05) is 5.75 Å². The third kappa shape index (κ3) is 7.59. The Morgan fingerprint density at radius 2 is 1.76 bits per heavy atom. The molecule has 0 heterocycles. The van der Waals surface area contributed by atoms with Crippen molar-refractivity contribution in [1.82, 2.24) is 0 Å². The van der Waals surface area contributed by atoms with E-state index < -0.39 is 11.7 Å². The number of aliphatic imine (C=N–C) groups is 1. The van der Waals surface area contributed by atoms with Crippen molar-refractivity contribution < 1.29 is 13.2 Å². The van der Waals surface area contributed by atoms with Gasteiger partial charge in [-0.3, -0.25) is 0 Å². The minimum atomic E-state index is -4.32. The van der Waals surface area contributed by atoms with Crippen molar-refractivity contribution >= 4 is 34.3 Å². The minimum absolute atomic E-state index is 0.562. The molecule has 6 heteroatoms. The van der Waals surface area contributed by atoms with Crippen molar-refractivity contribution in [2.45, 2.75) is 43.2 Å². The predicted octanol–water partition coefficient (Wildman–Crippen LogP) is 8.35. The zero-order valence-electron chi connectivity index (χ0n) is 16.1. The van der Waals surface area contributed by atoms with Crippen molar-refractivity contribution in [1.29, 1.82) is 0 Å². The standard InChI is InChI=1S/C23H24F3NS2/c24-23(25,26)19-10-7-13-21(16-19)28-15-14-22(27-20-11-5-2-6-12-20)29-17-18-8-3-1-4-9-18/h2,5-7,10-16,18H,1,3-4,8-9,17H2. The molecule has 0 aliphatic heterocycles. The summed E-state index contributed by atoms with van der Waals surface area (Å²) in [6.07, 6.45) is 4.07. The van der Waals surface area contributed by atoms with Gasteiger partial charge in [0.1, 0.15) is 0 Å². The van der Waals surface area contributed by atoms with Gasteiger partial charge in [0.2, 0.25) is 0 Å². The predicted molar refractivity (Wildman–Crippen MR) is 119 cm³/mol. The van der Waals surface area contributed by atoms with Gasteiger partial charge in [-0.25, -0.2) is 4.99 Å². The number of nitrogens with zero attached hydrogens (tertiary/aromatic N) is 1. The van der Waals surface area contributed by atoms with Gasteiger partial charge in [0, 0.05) is 10.6 Å². The van der Waals surface area contributed by atoms with Gasteiger partial charge in [-0.1, -0.05) is 55.3 Å². The monoisotopic (exact) mass is 435 g/mol. The molecule has 0 spiro atoms. The lowest BCUT2D eigenvalue weighted by atomic mass is 9.91. The van der Waals surface area contributed by atoms with Gasteiger partial charge in [-0.2, -0.15) is 13.2 Å². The first-order valence-corrected chi connectivity index (χ1v) is 11.6. The SMILES string of the molecule is FC(F)(F)c1cccc(SC=CC(=Nc2ccccc2)SCC2CCCCC2)c1. The van der Waals surface area contributed by atoms with Crippen LogP contribution in [0.1, 0.15) is 37.7 Å². The van der Waals surface area contributed by atoms with Crippen LogP contribution < -0.4 is 0 Å². The van der Waals surface area contributed by atoms with E-state index >= 15 is 0 Å². The highest BCUT2D eigenvalue weighted by molar-refractivity contribution is 8.14. The molecule has 0 atom stereocenters. The highest BCUT2D eigenvalue weighted by atomic mass is 32.2. The Bertz CT molecular complexity index is 826. The second kappa shape index (κ2) is 10.9. The maximum atomic E-state index is 12.9. The molecule has 0 unspecified atom stereocenters. The van der Waals surface area contributed by atoms with E-state index in [0.717, 1.165) is 28.5 Å². The summed E-state index contributed by atoms with van der Waals surface area (Å²) in [7, 11) is 0. The van der Waals surface area contributed by atoms with Crippen molar-refractivity contribution in [3.63, 3.8) is 0 Å². The topological polar surface area (TPSA) is 12.4 Å². The Morgan fingerprint density at radius 1 is 1.00 bits per heavy atom. The van der Waals surface area contributed by atoms with E-state index in [9.17, 15) is 13.2 Å². The van der Waals surface area contributed by atoms with E-state index in [4.69, 9.17) is 4.99 Å². The molecule has 154 valence electrons. The smallest absolute Gasteiger partial charge is 0.242 e. The first-order valence-electron chi connectivity index (χ1n) is 9.78. The zero-order chi connectivity index (χ0) is 20.5. The molecular weight excluding hydrogens is 411 g/mol. The number of benzene rings is 2. The van der Waals surface area contributed by atoms with Crippen LogP contribution in [0.3, 0.4) is 0 Å². The Balaban J connectivity index is 1.68. The second-order valence-electron chi connectivity index (χ2n) is 7.05. The average Bonchev–Trinajstić information content (AvgIpc) is 2.73. The van der Waals surface area contributed by atoms with Crippen LogP contribution in [0.2, 0.25) is 0 Å². The molecule has 1 fully saturated rings. The highest BCUT2D eigenvalue weighted by Crippen LogP contribution is 2.32. The molecule has 3 rings (SSSR count). The van der Waals surface area contributed by atoms with Crippen LogP contribution in [0.4, 0.5) is 18.9 Å². The van der Waals surface area contributed by atoms with Crippen molar-refractivity contribution in [3.8, 4) is 0 Å². The van der Waals surface area contributed by atoms with E-state index in [2.05, 4.69) is 0 Å². The van der Waals surface area contributed by atoms with Crippen LogP contribution >= 0.6 is 23.5 Å². The maximum absolute atomic E-state index is 12.9. The minimum Gasteiger partial charge on any atom is -0.242 e. The Kier molecular flexibility index (Phi) is 8.30. The Morgan fingerprint density at radius 3 is 2.48 bits per heavy atom. The van der Waals surface area contributed by atoms with Gasteiger partial charge >= 0.3 is 6.18 Å². The molecule has 2 aromatic carbocycles. The average molecular weight is 436 g/mol. The van der Waals surface area contributed by atoms with E-state index in [1.165, 1.54) is 56.0 Å².